The number of nitrogens with zero attached hydrogens (tertiary/aromatic N) is 1. The Bertz CT molecular complexity index is 504. The van der Waals surface area contributed by atoms with Crippen LogP contribution in [-0.2, 0) is 4.79 Å². The van der Waals surface area contributed by atoms with Gasteiger partial charge in [-0.25, -0.2) is 5.43 Å². The second kappa shape index (κ2) is 8.12. The van der Waals surface area contributed by atoms with Crippen molar-refractivity contribution in [2.24, 2.45) is 5.10 Å². The Kier molecular flexibility index (Phi) is 6.82. The Morgan fingerprint density at radius 2 is 2.15 bits per heavy atom. The van der Waals surface area contributed by atoms with Gasteiger partial charge in [-0.3, -0.25) is 4.79 Å². The van der Waals surface area contributed by atoms with Gasteiger partial charge in [-0.05, 0) is 38.5 Å². The van der Waals surface area contributed by atoms with Crippen molar-refractivity contribution >= 4 is 34.8 Å². The average molecular weight is 317 g/mol. The van der Waals surface area contributed by atoms with Crippen LogP contribution in [0.25, 0.3) is 0 Å². The Morgan fingerprint density at radius 1 is 1.45 bits per heavy atom. The molecule has 0 aliphatic carbocycles. The van der Waals surface area contributed by atoms with E-state index in [2.05, 4.69) is 17.5 Å². The Hall–Kier alpha value is -1.26. The maximum absolute atomic E-state index is 11.8. The third kappa shape index (κ3) is 5.39. The van der Waals surface area contributed by atoms with E-state index in [1.54, 1.807) is 25.1 Å². The van der Waals surface area contributed by atoms with Crippen molar-refractivity contribution in [3.05, 3.63) is 28.2 Å². The molecular formula is C14H18Cl2N2O2. The van der Waals surface area contributed by atoms with Crippen LogP contribution in [0.2, 0.25) is 10.0 Å². The molecule has 0 aliphatic heterocycles. The molecule has 1 rings (SSSR count). The number of benzene rings is 1. The molecule has 1 aromatic rings. The number of halogens is 2. The number of hydrazone groups is 1. The highest BCUT2D eigenvalue weighted by molar-refractivity contribution is 6.35. The van der Waals surface area contributed by atoms with Crippen molar-refractivity contribution in [2.45, 2.75) is 39.7 Å². The molecule has 1 aromatic carbocycles. The molecular weight excluding hydrogens is 299 g/mol. The molecule has 1 amide bonds. The van der Waals surface area contributed by atoms with Gasteiger partial charge < -0.3 is 4.74 Å². The number of rotatable bonds is 6. The normalized spacial score (nSPS) is 12.9. The van der Waals surface area contributed by atoms with Crippen LogP contribution in [0, 0.1) is 0 Å². The van der Waals surface area contributed by atoms with Crippen molar-refractivity contribution in [1.29, 1.82) is 0 Å². The summed E-state index contributed by atoms with van der Waals surface area (Å²) in [6.07, 6.45) is 1.13. The van der Waals surface area contributed by atoms with Gasteiger partial charge in [0.15, 0.2) is 6.10 Å². The van der Waals surface area contributed by atoms with Crippen LogP contribution in [0.3, 0.4) is 0 Å². The monoisotopic (exact) mass is 316 g/mol. The molecule has 1 atom stereocenters. The number of carbonyl (C=O) groups is 1. The molecule has 0 bridgehead atoms. The van der Waals surface area contributed by atoms with Crippen LogP contribution in [-0.4, -0.2) is 17.7 Å². The van der Waals surface area contributed by atoms with Crippen molar-refractivity contribution in [1.82, 2.24) is 5.43 Å². The minimum Gasteiger partial charge on any atom is -0.479 e. The quantitative estimate of drug-likeness (QED) is 0.635. The zero-order valence-electron chi connectivity index (χ0n) is 11.7. The van der Waals surface area contributed by atoms with Gasteiger partial charge in [0, 0.05) is 10.7 Å². The summed E-state index contributed by atoms with van der Waals surface area (Å²) in [6, 6.07) is 4.84. The first-order valence-corrected chi connectivity index (χ1v) is 7.14. The van der Waals surface area contributed by atoms with Gasteiger partial charge in [0.25, 0.3) is 5.91 Å². The Morgan fingerprint density at radius 3 is 2.75 bits per heavy atom. The van der Waals surface area contributed by atoms with Crippen molar-refractivity contribution in [3.63, 3.8) is 0 Å². The standard InChI is InChI=1S/C14H18Cl2N2O2/c1-4-5-9(2)17-18-14(19)10(3)20-13-7-6-11(15)8-12(13)16/h6-8,10H,4-5H2,1-3H3,(H,18,19)/b17-9+. The third-order valence-corrected chi connectivity index (χ3v) is 3.07. The maximum atomic E-state index is 11.8. The molecule has 0 saturated heterocycles. The lowest BCUT2D eigenvalue weighted by Gasteiger charge is -2.14. The first-order chi connectivity index (χ1) is 9.43. The molecule has 20 heavy (non-hydrogen) atoms. The van der Waals surface area contributed by atoms with Gasteiger partial charge in [-0.2, -0.15) is 5.10 Å². The predicted octanol–water partition coefficient (Wildman–Crippen LogP) is 4.05. The topological polar surface area (TPSA) is 50.7 Å². The van der Waals surface area contributed by atoms with E-state index < -0.39 is 6.10 Å². The fourth-order valence-electron chi connectivity index (χ4n) is 1.47. The summed E-state index contributed by atoms with van der Waals surface area (Å²) >= 11 is 11.8. The summed E-state index contributed by atoms with van der Waals surface area (Å²) in [6.45, 7) is 5.55. The number of hydrogen-bond acceptors (Lipinski definition) is 3. The van der Waals surface area contributed by atoms with Crippen LogP contribution < -0.4 is 10.2 Å². The molecule has 110 valence electrons. The lowest BCUT2D eigenvalue weighted by molar-refractivity contribution is -0.127. The van der Waals surface area contributed by atoms with E-state index in [1.165, 1.54) is 0 Å². The van der Waals surface area contributed by atoms with E-state index in [4.69, 9.17) is 27.9 Å². The molecule has 4 nitrogen and oxygen atoms in total. The summed E-state index contributed by atoms with van der Waals surface area (Å²) in [4.78, 5) is 11.8. The van der Waals surface area contributed by atoms with E-state index in [9.17, 15) is 4.79 Å². The SMILES string of the molecule is CCC/C(C)=N/NC(=O)C(C)Oc1ccc(Cl)cc1Cl. The molecule has 0 aliphatic rings. The van der Waals surface area contributed by atoms with Gasteiger partial charge in [0.1, 0.15) is 5.75 Å². The number of carbonyl (C=O) groups excluding carboxylic acids is 1. The van der Waals surface area contributed by atoms with Gasteiger partial charge in [0.05, 0.1) is 5.02 Å². The molecule has 6 heteroatoms. The Labute approximate surface area is 129 Å². The van der Waals surface area contributed by atoms with Crippen LogP contribution in [0.15, 0.2) is 23.3 Å². The lowest BCUT2D eigenvalue weighted by atomic mass is 10.2. The molecule has 1 unspecified atom stereocenters. The molecule has 0 spiro atoms. The minimum atomic E-state index is -0.702. The van der Waals surface area contributed by atoms with E-state index in [0.717, 1.165) is 18.6 Å². The first-order valence-electron chi connectivity index (χ1n) is 6.38. The van der Waals surface area contributed by atoms with E-state index in [1.807, 2.05) is 6.92 Å². The highest BCUT2D eigenvalue weighted by Crippen LogP contribution is 2.28. The van der Waals surface area contributed by atoms with E-state index >= 15 is 0 Å². The predicted molar refractivity (Wildman–Crippen MR) is 82.7 cm³/mol. The van der Waals surface area contributed by atoms with Gasteiger partial charge in [-0.15, -0.1) is 0 Å². The average Bonchev–Trinajstić information content (AvgIpc) is 2.39. The van der Waals surface area contributed by atoms with Crippen molar-refractivity contribution in [2.75, 3.05) is 0 Å². The largest absolute Gasteiger partial charge is 0.479 e. The molecule has 0 saturated carbocycles. The summed E-state index contributed by atoms with van der Waals surface area (Å²) in [5.41, 5.74) is 3.35. The fourth-order valence-corrected chi connectivity index (χ4v) is 1.93. The molecule has 0 radical (unpaired) electrons. The number of nitrogens with one attached hydrogen (secondary N) is 1. The maximum Gasteiger partial charge on any atom is 0.280 e. The van der Waals surface area contributed by atoms with Crippen LogP contribution >= 0.6 is 23.2 Å². The van der Waals surface area contributed by atoms with Crippen LogP contribution in [0.1, 0.15) is 33.6 Å². The minimum absolute atomic E-state index is 0.327. The number of amides is 1. The smallest absolute Gasteiger partial charge is 0.280 e. The lowest BCUT2D eigenvalue weighted by Crippen LogP contribution is -2.33. The second-order valence-corrected chi connectivity index (χ2v) is 5.25. The van der Waals surface area contributed by atoms with Gasteiger partial charge in [-0.1, -0.05) is 36.5 Å². The van der Waals surface area contributed by atoms with Crippen molar-refractivity contribution in [3.8, 4) is 5.75 Å². The van der Waals surface area contributed by atoms with Crippen LogP contribution in [0.4, 0.5) is 0 Å². The fraction of sp³-hybridized carbons (Fsp3) is 0.429. The summed E-state index contributed by atoms with van der Waals surface area (Å²) in [7, 11) is 0. The van der Waals surface area contributed by atoms with Gasteiger partial charge in [0.2, 0.25) is 0 Å². The number of ether oxygens (including phenoxy) is 1. The van der Waals surface area contributed by atoms with E-state index in [-0.39, 0.29) is 5.91 Å². The molecule has 0 heterocycles. The van der Waals surface area contributed by atoms with Crippen LogP contribution in [0.5, 0.6) is 5.75 Å². The van der Waals surface area contributed by atoms with E-state index in [0.29, 0.717) is 15.8 Å². The second-order valence-electron chi connectivity index (χ2n) is 4.41. The van der Waals surface area contributed by atoms with Gasteiger partial charge >= 0.3 is 0 Å². The third-order valence-electron chi connectivity index (χ3n) is 2.54. The Balaban J connectivity index is 2.59. The zero-order chi connectivity index (χ0) is 15.1. The molecule has 0 fully saturated rings. The number of hydrogen-bond donors (Lipinski definition) is 1. The van der Waals surface area contributed by atoms with Crippen molar-refractivity contribution < 1.29 is 9.53 Å². The summed E-state index contributed by atoms with van der Waals surface area (Å²) in [5.74, 6) is 0.0828. The molecule has 0 aromatic heterocycles. The molecule has 1 N–H and O–H groups in total. The zero-order valence-corrected chi connectivity index (χ0v) is 13.3. The highest BCUT2D eigenvalue weighted by atomic mass is 35.5. The summed E-state index contributed by atoms with van der Waals surface area (Å²) < 4.78 is 5.48. The highest BCUT2D eigenvalue weighted by Gasteiger charge is 2.15. The first kappa shape index (κ1) is 16.8. The summed E-state index contributed by atoms with van der Waals surface area (Å²) in [5, 5.41) is 4.87.